The molecule has 0 unspecified atom stereocenters. The summed E-state index contributed by atoms with van der Waals surface area (Å²) >= 11 is 0. The van der Waals surface area contributed by atoms with Crippen molar-refractivity contribution in [2.75, 3.05) is 26.9 Å². The molecule has 1 amide bonds. The molecule has 0 radical (unpaired) electrons. The molecule has 1 aromatic rings. The minimum absolute atomic E-state index is 0.145. The Balaban J connectivity index is 1.66. The predicted octanol–water partition coefficient (Wildman–Crippen LogP) is 2.02. The molecule has 1 N–H and O–H groups in total. The van der Waals surface area contributed by atoms with Crippen LogP contribution in [0.4, 0.5) is 0 Å². The normalized spacial score (nSPS) is 13.8. The number of carbonyl (C=O) groups is 2. The third kappa shape index (κ3) is 5.19. The van der Waals surface area contributed by atoms with Crippen molar-refractivity contribution in [3.05, 3.63) is 35.4 Å². The van der Waals surface area contributed by atoms with Gasteiger partial charge in [0.05, 0.1) is 12.7 Å². The Morgan fingerprint density at radius 2 is 1.86 bits per heavy atom. The molecule has 0 atom stereocenters. The number of ether oxygens (including phenoxy) is 2. The molecular formula is C16H21NO4. The van der Waals surface area contributed by atoms with E-state index in [0.717, 1.165) is 18.9 Å². The third-order valence-electron chi connectivity index (χ3n) is 3.37. The number of hydrogen-bond donors (Lipinski definition) is 1. The van der Waals surface area contributed by atoms with Crippen molar-refractivity contribution < 1.29 is 19.1 Å². The molecule has 5 heteroatoms. The number of benzene rings is 1. The number of nitrogens with one attached hydrogen (secondary N) is 1. The molecule has 0 bridgehead atoms. The molecule has 1 fully saturated rings. The summed E-state index contributed by atoms with van der Waals surface area (Å²) in [6.07, 6.45) is 3.38. The average Bonchev–Trinajstić information content (AvgIpc) is 3.34. The number of methoxy groups -OCH3 is 1. The highest BCUT2D eigenvalue weighted by Crippen LogP contribution is 2.28. The van der Waals surface area contributed by atoms with Crippen molar-refractivity contribution >= 4 is 11.9 Å². The van der Waals surface area contributed by atoms with E-state index in [2.05, 4.69) is 10.1 Å². The molecule has 1 aliphatic carbocycles. The third-order valence-corrected chi connectivity index (χ3v) is 3.37. The number of carbonyl (C=O) groups excluding carboxylic acids is 2. The second-order valence-electron chi connectivity index (χ2n) is 5.20. The fourth-order valence-electron chi connectivity index (χ4n) is 1.89. The van der Waals surface area contributed by atoms with Gasteiger partial charge < -0.3 is 14.8 Å². The maximum atomic E-state index is 11.9. The summed E-state index contributed by atoms with van der Waals surface area (Å²) < 4.78 is 10.1. The predicted molar refractivity (Wildman–Crippen MR) is 78.3 cm³/mol. The fourth-order valence-corrected chi connectivity index (χ4v) is 1.89. The average molecular weight is 291 g/mol. The lowest BCUT2D eigenvalue weighted by Crippen LogP contribution is -2.25. The van der Waals surface area contributed by atoms with E-state index in [1.807, 2.05) is 0 Å². The summed E-state index contributed by atoms with van der Waals surface area (Å²) in [5.41, 5.74) is 0.962. The van der Waals surface area contributed by atoms with Gasteiger partial charge in [-0.25, -0.2) is 4.79 Å². The van der Waals surface area contributed by atoms with E-state index < -0.39 is 5.97 Å². The molecule has 0 spiro atoms. The van der Waals surface area contributed by atoms with E-state index in [4.69, 9.17) is 4.74 Å². The van der Waals surface area contributed by atoms with Gasteiger partial charge in [0.25, 0.3) is 5.91 Å². The van der Waals surface area contributed by atoms with Gasteiger partial charge in [0.15, 0.2) is 0 Å². The Morgan fingerprint density at radius 1 is 1.19 bits per heavy atom. The quantitative estimate of drug-likeness (QED) is 0.588. The zero-order valence-corrected chi connectivity index (χ0v) is 12.3. The second kappa shape index (κ2) is 7.78. The highest BCUT2D eigenvalue weighted by atomic mass is 16.5. The number of hydrogen-bond acceptors (Lipinski definition) is 4. The van der Waals surface area contributed by atoms with Gasteiger partial charge in [0, 0.05) is 25.3 Å². The summed E-state index contributed by atoms with van der Waals surface area (Å²) in [6, 6.07) is 6.40. The summed E-state index contributed by atoms with van der Waals surface area (Å²) in [6.45, 7) is 2.11. The molecule has 5 nitrogen and oxygen atoms in total. The van der Waals surface area contributed by atoms with Crippen molar-refractivity contribution in [2.45, 2.75) is 19.3 Å². The van der Waals surface area contributed by atoms with Crippen LogP contribution in [0.3, 0.4) is 0 Å². The molecule has 0 heterocycles. The zero-order valence-electron chi connectivity index (χ0n) is 12.3. The number of amides is 1. The molecule has 0 aliphatic heterocycles. The Bertz CT molecular complexity index is 480. The maximum absolute atomic E-state index is 11.9. The lowest BCUT2D eigenvalue weighted by Gasteiger charge is -2.06. The van der Waals surface area contributed by atoms with Crippen LogP contribution in [-0.2, 0) is 9.47 Å². The Kier molecular flexibility index (Phi) is 5.75. The fraction of sp³-hybridized carbons (Fsp3) is 0.500. The van der Waals surface area contributed by atoms with Gasteiger partial charge in [0.1, 0.15) is 0 Å². The summed E-state index contributed by atoms with van der Waals surface area (Å²) in [5, 5.41) is 2.83. The lowest BCUT2D eigenvalue weighted by atomic mass is 10.1. The Morgan fingerprint density at radius 3 is 2.48 bits per heavy atom. The van der Waals surface area contributed by atoms with Gasteiger partial charge in [-0.15, -0.1) is 0 Å². The largest absolute Gasteiger partial charge is 0.465 e. The van der Waals surface area contributed by atoms with Crippen molar-refractivity contribution in [3.8, 4) is 0 Å². The minimum Gasteiger partial charge on any atom is -0.465 e. The lowest BCUT2D eigenvalue weighted by molar-refractivity contribution is 0.0600. The Labute approximate surface area is 124 Å². The van der Waals surface area contributed by atoms with Gasteiger partial charge in [-0.3, -0.25) is 4.79 Å². The topological polar surface area (TPSA) is 64.6 Å². The van der Waals surface area contributed by atoms with E-state index in [1.54, 1.807) is 24.3 Å². The highest BCUT2D eigenvalue weighted by Gasteiger charge is 2.20. The summed E-state index contributed by atoms with van der Waals surface area (Å²) in [7, 11) is 1.33. The van der Waals surface area contributed by atoms with Gasteiger partial charge in [-0.1, -0.05) is 0 Å². The van der Waals surface area contributed by atoms with Crippen LogP contribution < -0.4 is 5.32 Å². The first-order valence-electron chi connectivity index (χ1n) is 7.25. The van der Waals surface area contributed by atoms with Crippen LogP contribution in [-0.4, -0.2) is 38.7 Å². The van der Waals surface area contributed by atoms with E-state index in [-0.39, 0.29) is 5.91 Å². The molecular weight excluding hydrogens is 270 g/mol. The smallest absolute Gasteiger partial charge is 0.337 e. The number of rotatable bonds is 8. The van der Waals surface area contributed by atoms with Crippen LogP contribution in [0.5, 0.6) is 0 Å². The van der Waals surface area contributed by atoms with Crippen molar-refractivity contribution in [1.82, 2.24) is 5.32 Å². The van der Waals surface area contributed by atoms with Gasteiger partial charge in [-0.2, -0.15) is 0 Å². The molecule has 0 aromatic heterocycles. The van der Waals surface area contributed by atoms with Crippen LogP contribution in [0, 0.1) is 5.92 Å². The van der Waals surface area contributed by atoms with E-state index in [1.165, 1.54) is 20.0 Å². The van der Waals surface area contributed by atoms with Crippen LogP contribution in [0.1, 0.15) is 40.0 Å². The highest BCUT2D eigenvalue weighted by molar-refractivity contribution is 5.96. The van der Waals surface area contributed by atoms with Gasteiger partial charge in [-0.05, 0) is 49.4 Å². The zero-order chi connectivity index (χ0) is 15.1. The first-order valence-corrected chi connectivity index (χ1v) is 7.25. The monoisotopic (exact) mass is 291 g/mol. The molecule has 1 saturated carbocycles. The first kappa shape index (κ1) is 15.5. The van der Waals surface area contributed by atoms with E-state index in [9.17, 15) is 9.59 Å². The first-order chi connectivity index (χ1) is 10.2. The maximum Gasteiger partial charge on any atom is 0.337 e. The Hall–Kier alpha value is -1.88. The van der Waals surface area contributed by atoms with Gasteiger partial charge >= 0.3 is 5.97 Å². The molecule has 0 saturated heterocycles. The molecule has 114 valence electrons. The SMILES string of the molecule is COC(=O)c1ccc(C(=O)NCCCOCC2CC2)cc1. The van der Waals surface area contributed by atoms with Crippen LogP contribution in [0.25, 0.3) is 0 Å². The number of esters is 1. The molecule has 2 rings (SSSR count). The molecule has 1 aliphatic rings. The van der Waals surface area contributed by atoms with Crippen molar-refractivity contribution in [3.63, 3.8) is 0 Å². The standard InChI is InChI=1S/C16H21NO4/c1-20-16(19)14-7-5-13(6-8-14)15(18)17-9-2-10-21-11-12-3-4-12/h5-8,12H,2-4,9-11H2,1H3,(H,17,18). The van der Waals surface area contributed by atoms with Crippen LogP contribution >= 0.6 is 0 Å². The van der Waals surface area contributed by atoms with Crippen LogP contribution in [0.15, 0.2) is 24.3 Å². The van der Waals surface area contributed by atoms with E-state index in [0.29, 0.717) is 24.3 Å². The van der Waals surface area contributed by atoms with Crippen molar-refractivity contribution in [2.24, 2.45) is 5.92 Å². The summed E-state index contributed by atoms with van der Waals surface area (Å²) in [4.78, 5) is 23.2. The molecule has 1 aromatic carbocycles. The summed E-state index contributed by atoms with van der Waals surface area (Å²) in [5.74, 6) is 0.219. The van der Waals surface area contributed by atoms with E-state index >= 15 is 0 Å². The second-order valence-corrected chi connectivity index (χ2v) is 5.20. The van der Waals surface area contributed by atoms with Crippen LogP contribution in [0.2, 0.25) is 0 Å². The van der Waals surface area contributed by atoms with Gasteiger partial charge in [0.2, 0.25) is 0 Å². The minimum atomic E-state index is -0.408. The van der Waals surface area contributed by atoms with Crippen molar-refractivity contribution in [1.29, 1.82) is 0 Å². The molecule has 21 heavy (non-hydrogen) atoms.